The smallest absolute Gasteiger partial charge is 0.252 e. The first-order chi connectivity index (χ1) is 11.7. The van der Waals surface area contributed by atoms with Crippen LogP contribution in [0.3, 0.4) is 0 Å². The Bertz CT molecular complexity index is 936. The molecule has 3 nitrogen and oxygen atoms in total. The highest BCUT2D eigenvalue weighted by atomic mass is 35.5. The molecule has 120 valence electrons. The van der Waals surface area contributed by atoms with E-state index in [-0.39, 0.29) is 5.91 Å². The van der Waals surface area contributed by atoms with Crippen LogP contribution in [-0.2, 0) is 19.4 Å². The van der Waals surface area contributed by atoms with Crippen LogP contribution in [0.2, 0.25) is 5.02 Å². The van der Waals surface area contributed by atoms with Gasteiger partial charge in [0.25, 0.3) is 5.91 Å². The number of carbonyl (C=O) groups is 1. The number of aromatic nitrogens is 1. The van der Waals surface area contributed by atoms with Gasteiger partial charge in [0.2, 0.25) is 0 Å². The first kappa shape index (κ1) is 15.2. The van der Waals surface area contributed by atoms with Crippen LogP contribution in [0, 0.1) is 0 Å². The summed E-state index contributed by atoms with van der Waals surface area (Å²) in [5.41, 5.74) is 4.76. The zero-order valence-corrected chi connectivity index (χ0v) is 13.9. The number of halogens is 1. The van der Waals surface area contributed by atoms with E-state index in [0.717, 1.165) is 52.5 Å². The molecule has 0 bridgehead atoms. The molecule has 4 rings (SSSR count). The Morgan fingerprint density at radius 1 is 1.08 bits per heavy atom. The van der Waals surface area contributed by atoms with E-state index >= 15 is 0 Å². The first-order valence-electron chi connectivity index (χ1n) is 8.16. The minimum absolute atomic E-state index is 0.0494. The van der Waals surface area contributed by atoms with Crippen molar-refractivity contribution in [2.24, 2.45) is 0 Å². The van der Waals surface area contributed by atoms with Gasteiger partial charge in [-0.05, 0) is 42.5 Å². The summed E-state index contributed by atoms with van der Waals surface area (Å²) in [5.74, 6) is -0.0494. The number of aryl methyl sites for hydroxylation is 1. The third-order valence-electron chi connectivity index (χ3n) is 4.54. The summed E-state index contributed by atoms with van der Waals surface area (Å²) < 4.78 is 0. The largest absolute Gasteiger partial charge is 0.348 e. The molecule has 0 radical (unpaired) electrons. The summed E-state index contributed by atoms with van der Waals surface area (Å²) in [5, 5.41) is 4.62. The molecule has 0 fully saturated rings. The lowest BCUT2D eigenvalue weighted by atomic mass is 10.0. The van der Waals surface area contributed by atoms with Gasteiger partial charge in [-0.3, -0.25) is 9.78 Å². The van der Waals surface area contributed by atoms with Crippen LogP contribution in [0.15, 0.2) is 48.5 Å². The summed E-state index contributed by atoms with van der Waals surface area (Å²) in [6.45, 7) is 0.421. The van der Waals surface area contributed by atoms with Crippen molar-refractivity contribution in [3.63, 3.8) is 0 Å². The standard InChI is InChI=1S/C20H17ClN2O/c21-16-9-3-1-6-13(16)12-22-20(24)19-14-7-2-4-10-17(14)23-18-11-5-8-15(18)19/h1-4,6-7,9-10H,5,8,11-12H2,(H,22,24). The van der Waals surface area contributed by atoms with E-state index in [2.05, 4.69) is 5.32 Å². The highest BCUT2D eigenvalue weighted by molar-refractivity contribution is 6.31. The number of carbonyl (C=O) groups excluding carboxylic acids is 1. The third-order valence-corrected chi connectivity index (χ3v) is 4.91. The van der Waals surface area contributed by atoms with Gasteiger partial charge in [0.15, 0.2) is 0 Å². The summed E-state index contributed by atoms with van der Waals surface area (Å²) in [4.78, 5) is 17.7. The number of amides is 1. The van der Waals surface area contributed by atoms with Gasteiger partial charge in [-0.2, -0.15) is 0 Å². The molecule has 0 aliphatic heterocycles. The second-order valence-corrected chi connectivity index (χ2v) is 6.46. The number of pyridine rings is 1. The van der Waals surface area contributed by atoms with E-state index in [1.54, 1.807) is 0 Å². The predicted molar refractivity (Wildman–Crippen MR) is 96.4 cm³/mol. The highest BCUT2D eigenvalue weighted by Gasteiger charge is 2.23. The number of hydrogen-bond donors (Lipinski definition) is 1. The Morgan fingerprint density at radius 2 is 1.88 bits per heavy atom. The van der Waals surface area contributed by atoms with Gasteiger partial charge in [-0.1, -0.05) is 48.0 Å². The zero-order chi connectivity index (χ0) is 16.5. The summed E-state index contributed by atoms with van der Waals surface area (Å²) in [6.07, 6.45) is 2.93. The molecule has 1 aliphatic carbocycles. The average molecular weight is 337 g/mol. The molecule has 1 amide bonds. The number of rotatable bonds is 3. The van der Waals surface area contributed by atoms with Crippen molar-refractivity contribution in [1.82, 2.24) is 10.3 Å². The maximum Gasteiger partial charge on any atom is 0.252 e. The van der Waals surface area contributed by atoms with Crippen LogP contribution in [-0.4, -0.2) is 10.9 Å². The Labute approximate surface area is 145 Å². The van der Waals surface area contributed by atoms with Crippen molar-refractivity contribution in [1.29, 1.82) is 0 Å². The number of benzene rings is 2. The fraction of sp³-hybridized carbons (Fsp3) is 0.200. The minimum Gasteiger partial charge on any atom is -0.348 e. The SMILES string of the molecule is O=C(NCc1ccccc1Cl)c1c2c(nc3ccccc13)CCC2. The second-order valence-electron chi connectivity index (χ2n) is 6.06. The van der Waals surface area contributed by atoms with Gasteiger partial charge in [0.1, 0.15) is 0 Å². The van der Waals surface area contributed by atoms with Crippen molar-refractivity contribution >= 4 is 28.4 Å². The van der Waals surface area contributed by atoms with Crippen molar-refractivity contribution in [2.75, 3.05) is 0 Å². The van der Waals surface area contributed by atoms with Crippen molar-refractivity contribution in [2.45, 2.75) is 25.8 Å². The van der Waals surface area contributed by atoms with E-state index in [4.69, 9.17) is 16.6 Å². The van der Waals surface area contributed by atoms with E-state index in [1.165, 1.54) is 0 Å². The fourth-order valence-corrected chi connectivity index (χ4v) is 3.58. The Kier molecular flexibility index (Phi) is 3.95. The molecule has 0 spiro atoms. The third kappa shape index (κ3) is 2.65. The summed E-state index contributed by atoms with van der Waals surface area (Å²) in [6, 6.07) is 15.4. The van der Waals surface area contributed by atoms with Crippen LogP contribution in [0.5, 0.6) is 0 Å². The Balaban J connectivity index is 1.71. The monoisotopic (exact) mass is 336 g/mol. The molecular weight excluding hydrogens is 320 g/mol. The molecule has 1 aliphatic rings. The fourth-order valence-electron chi connectivity index (χ4n) is 3.38. The number of nitrogens with zero attached hydrogens (tertiary/aromatic N) is 1. The lowest BCUT2D eigenvalue weighted by molar-refractivity contribution is 0.0951. The van der Waals surface area contributed by atoms with Crippen molar-refractivity contribution < 1.29 is 4.79 Å². The topological polar surface area (TPSA) is 42.0 Å². The van der Waals surface area contributed by atoms with E-state index < -0.39 is 0 Å². The van der Waals surface area contributed by atoms with E-state index in [0.29, 0.717) is 11.6 Å². The lowest BCUT2D eigenvalue weighted by Gasteiger charge is -2.13. The van der Waals surface area contributed by atoms with Crippen LogP contribution in [0.25, 0.3) is 10.9 Å². The molecule has 3 aromatic rings. The maximum atomic E-state index is 12.9. The van der Waals surface area contributed by atoms with Crippen LogP contribution >= 0.6 is 11.6 Å². The Morgan fingerprint density at radius 3 is 2.75 bits per heavy atom. The van der Waals surface area contributed by atoms with Gasteiger partial charge in [0.05, 0.1) is 11.1 Å². The molecule has 1 heterocycles. The highest BCUT2D eigenvalue weighted by Crippen LogP contribution is 2.30. The molecule has 1 N–H and O–H groups in total. The van der Waals surface area contributed by atoms with Crippen molar-refractivity contribution in [3.8, 4) is 0 Å². The summed E-state index contributed by atoms with van der Waals surface area (Å²) >= 11 is 6.18. The average Bonchev–Trinajstić information content (AvgIpc) is 3.06. The molecule has 4 heteroatoms. The molecule has 0 unspecified atom stereocenters. The van der Waals surface area contributed by atoms with Crippen molar-refractivity contribution in [3.05, 3.63) is 75.9 Å². The predicted octanol–water partition coefficient (Wildman–Crippen LogP) is 4.31. The molecule has 2 aromatic carbocycles. The quantitative estimate of drug-likeness (QED) is 0.774. The van der Waals surface area contributed by atoms with Crippen LogP contribution in [0.1, 0.15) is 33.6 Å². The van der Waals surface area contributed by atoms with E-state index in [9.17, 15) is 4.79 Å². The lowest BCUT2D eigenvalue weighted by Crippen LogP contribution is -2.24. The molecule has 0 saturated heterocycles. The van der Waals surface area contributed by atoms with Crippen LogP contribution < -0.4 is 5.32 Å². The molecular formula is C20H17ClN2O. The zero-order valence-electron chi connectivity index (χ0n) is 13.2. The first-order valence-corrected chi connectivity index (χ1v) is 8.54. The normalized spacial score (nSPS) is 13.0. The van der Waals surface area contributed by atoms with Crippen LogP contribution in [0.4, 0.5) is 0 Å². The minimum atomic E-state index is -0.0494. The second kappa shape index (κ2) is 6.25. The number of nitrogens with one attached hydrogen (secondary N) is 1. The number of fused-ring (bicyclic) bond motifs is 2. The van der Waals surface area contributed by atoms with Gasteiger partial charge in [-0.15, -0.1) is 0 Å². The number of para-hydroxylation sites is 1. The van der Waals surface area contributed by atoms with Gasteiger partial charge in [-0.25, -0.2) is 0 Å². The maximum absolute atomic E-state index is 12.9. The molecule has 0 atom stereocenters. The number of hydrogen-bond acceptors (Lipinski definition) is 2. The van der Waals surface area contributed by atoms with Gasteiger partial charge >= 0.3 is 0 Å². The van der Waals surface area contributed by atoms with Gasteiger partial charge < -0.3 is 5.32 Å². The molecule has 24 heavy (non-hydrogen) atoms. The Hall–Kier alpha value is -2.39. The molecule has 0 saturated carbocycles. The van der Waals surface area contributed by atoms with E-state index in [1.807, 2.05) is 48.5 Å². The molecule has 1 aromatic heterocycles. The van der Waals surface area contributed by atoms with Gasteiger partial charge in [0, 0.05) is 22.6 Å². The summed E-state index contributed by atoms with van der Waals surface area (Å²) in [7, 11) is 0.